The second kappa shape index (κ2) is 6.70. The number of carbonyl (C=O) groups is 1. The smallest absolute Gasteiger partial charge is 0.417 e. The van der Waals surface area contributed by atoms with Gasteiger partial charge in [0, 0.05) is 10.9 Å². The van der Waals surface area contributed by atoms with Gasteiger partial charge in [-0.2, -0.15) is 17.9 Å². The first-order valence-electron chi connectivity index (χ1n) is 8.62. The van der Waals surface area contributed by atoms with E-state index in [1.165, 1.54) is 0 Å². The molecule has 3 aromatic carbocycles. The maximum Gasteiger partial charge on any atom is 0.417 e. The van der Waals surface area contributed by atoms with E-state index in [2.05, 4.69) is 0 Å². The molecule has 0 saturated carbocycles. The molecule has 0 spiro atoms. The molecule has 7 heteroatoms. The van der Waals surface area contributed by atoms with Crippen LogP contribution in [0.1, 0.15) is 16.1 Å². The predicted molar refractivity (Wildman–Crippen MR) is 102 cm³/mol. The highest BCUT2D eigenvalue weighted by Gasteiger charge is 2.36. The molecule has 29 heavy (non-hydrogen) atoms. The Morgan fingerprint density at radius 3 is 1.93 bits per heavy atom. The monoisotopic (exact) mass is 397 g/mol. The minimum atomic E-state index is -4.74. The van der Waals surface area contributed by atoms with Gasteiger partial charge in [0.25, 0.3) is 0 Å². The average Bonchev–Trinajstić information content (AvgIpc) is 3.05. The Kier molecular flexibility index (Phi) is 4.30. The first-order chi connectivity index (χ1) is 13.8. The van der Waals surface area contributed by atoms with Gasteiger partial charge in [-0.05, 0) is 28.8 Å². The Hall–Kier alpha value is -3.74. The van der Waals surface area contributed by atoms with Crippen molar-refractivity contribution in [2.75, 3.05) is 0 Å². The van der Waals surface area contributed by atoms with E-state index in [1.54, 1.807) is 60.7 Å². The SMILES string of the molecule is O=C(O)c1cc2c(C(F)(F)F)cc(-c3ccccc3)c(-c3ccccc3)c2n1O. The maximum absolute atomic E-state index is 13.9. The lowest BCUT2D eigenvalue weighted by Crippen LogP contribution is -2.08. The van der Waals surface area contributed by atoms with Crippen LogP contribution in [0.2, 0.25) is 0 Å². The van der Waals surface area contributed by atoms with E-state index in [0.717, 1.165) is 12.1 Å². The molecule has 0 unspecified atom stereocenters. The van der Waals surface area contributed by atoms with Crippen LogP contribution in [0, 0.1) is 0 Å². The molecule has 0 radical (unpaired) electrons. The van der Waals surface area contributed by atoms with Crippen LogP contribution < -0.4 is 0 Å². The molecule has 1 aromatic heterocycles. The second-order valence-electron chi connectivity index (χ2n) is 6.49. The molecule has 0 atom stereocenters. The number of aromatic nitrogens is 1. The Balaban J connectivity index is 2.24. The molecule has 0 aliphatic heterocycles. The first kappa shape index (κ1) is 18.6. The number of carboxylic acids is 1. The summed E-state index contributed by atoms with van der Waals surface area (Å²) in [5.74, 6) is -1.53. The van der Waals surface area contributed by atoms with Gasteiger partial charge in [0.15, 0.2) is 5.69 Å². The first-order valence-corrected chi connectivity index (χ1v) is 8.62. The number of rotatable bonds is 3. The molecule has 0 bridgehead atoms. The van der Waals surface area contributed by atoms with Crippen molar-refractivity contribution in [2.24, 2.45) is 0 Å². The van der Waals surface area contributed by atoms with Crippen molar-refractivity contribution in [1.82, 2.24) is 4.73 Å². The van der Waals surface area contributed by atoms with Crippen LogP contribution in [0.3, 0.4) is 0 Å². The van der Waals surface area contributed by atoms with E-state index >= 15 is 0 Å². The van der Waals surface area contributed by atoms with E-state index in [9.17, 15) is 28.3 Å². The second-order valence-corrected chi connectivity index (χ2v) is 6.49. The van der Waals surface area contributed by atoms with Gasteiger partial charge in [0.2, 0.25) is 0 Å². The number of aromatic carboxylic acids is 1. The van der Waals surface area contributed by atoms with Gasteiger partial charge >= 0.3 is 12.1 Å². The number of hydrogen-bond donors (Lipinski definition) is 2. The fraction of sp³-hybridized carbons (Fsp3) is 0.0455. The summed E-state index contributed by atoms with van der Waals surface area (Å²) in [5, 5.41) is 19.5. The molecule has 0 aliphatic carbocycles. The summed E-state index contributed by atoms with van der Waals surface area (Å²) >= 11 is 0. The number of carboxylic acid groups (broad SMARTS) is 1. The van der Waals surface area contributed by atoms with Gasteiger partial charge in [-0.1, -0.05) is 60.7 Å². The van der Waals surface area contributed by atoms with Crippen LogP contribution in [0.15, 0.2) is 72.8 Å². The Morgan fingerprint density at radius 2 is 1.41 bits per heavy atom. The van der Waals surface area contributed by atoms with Gasteiger partial charge in [-0.25, -0.2) is 4.79 Å². The Morgan fingerprint density at radius 1 is 0.862 bits per heavy atom. The Labute approximate surface area is 163 Å². The quantitative estimate of drug-likeness (QED) is 0.421. The normalized spacial score (nSPS) is 11.7. The average molecular weight is 397 g/mol. The molecule has 146 valence electrons. The molecule has 0 amide bonds. The van der Waals surface area contributed by atoms with Crippen LogP contribution in [0.5, 0.6) is 0 Å². The highest BCUT2D eigenvalue weighted by atomic mass is 19.4. The van der Waals surface area contributed by atoms with E-state index < -0.39 is 23.4 Å². The Bertz CT molecular complexity index is 1210. The number of halogens is 3. The summed E-state index contributed by atoms with van der Waals surface area (Å²) in [6.45, 7) is 0. The third-order valence-electron chi connectivity index (χ3n) is 4.73. The topological polar surface area (TPSA) is 62.5 Å². The van der Waals surface area contributed by atoms with Crippen molar-refractivity contribution in [1.29, 1.82) is 0 Å². The van der Waals surface area contributed by atoms with E-state index in [4.69, 9.17) is 0 Å². The van der Waals surface area contributed by atoms with Crippen LogP contribution in [0.25, 0.3) is 33.2 Å². The minimum absolute atomic E-state index is 0.206. The van der Waals surface area contributed by atoms with E-state index in [-0.39, 0.29) is 16.5 Å². The van der Waals surface area contributed by atoms with Crippen molar-refractivity contribution < 1.29 is 28.3 Å². The van der Waals surface area contributed by atoms with Crippen molar-refractivity contribution in [3.8, 4) is 22.3 Å². The standard InChI is InChI=1S/C22H14F3NO3/c23-22(24,25)17-11-15(13-7-3-1-4-8-13)19(14-9-5-2-6-10-14)20-16(17)12-18(21(27)28)26(20)29/h1-12,29H,(H,27,28). The molecule has 1 heterocycles. The zero-order valence-corrected chi connectivity index (χ0v) is 14.8. The largest absolute Gasteiger partial charge is 0.476 e. The molecule has 4 aromatic rings. The van der Waals surface area contributed by atoms with Crippen molar-refractivity contribution in [2.45, 2.75) is 6.18 Å². The summed E-state index contributed by atoms with van der Waals surface area (Å²) in [5.41, 5.74) is -0.250. The number of nitrogens with zero attached hydrogens (tertiary/aromatic N) is 1. The van der Waals surface area contributed by atoms with Crippen LogP contribution >= 0.6 is 0 Å². The summed E-state index contributed by atoms with van der Waals surface area (Å²) in [6, 6.07) is 18.9. The molecular formula is C22H14F3NO3. The number of alkyl halides is 3. The fourth-order valence-electron chi connectivity index (χ4n) is 3.50. The minimum Gasteiger partial charge on any atom is -0.476 e. The maximum atomic E-state index is 13.9. The number of hydrogen-bond acceptors (Lipinski definition) is 2. The van der Waals surface area contributed by atoms with Crippen molar-refractivity contribution in [3.05, 3.63) is 84.1 Å². The van der Waals surface area contributed by atoms with Crippen molar-refractivity contribution in [3.63, 3.8) is 0 Å². The van der Waals surface area contributed by atoms with Crippen LogP contribution in [-0.2, 0) is 6.18 Å². The lowest BCUT2D eigenvalue weighted by Gasteiger charge is -2.17. The van der Waals surface area contributed by atoms with Crippen LogP contribution in [-0.4, -0.2) is 21.0 Å². The van der Waals surface area contributed by atoms with E-state index in [1.807, 2.05) is 0 Å². The fourth-order valence-corrected chi connectivity index (χ4v) is 3.50. The van der Waals surface area contributed by atoms with Gasteiger partial charge < -0.3 is 10.3 Å². The highest BCUT2D eigenvalue weighted by Crippen LogP contribution is 2.45. The summed E-state index contributed by atoms with van der Waals surface area (Å²) in [6.07, 6.45) is -4.74. The summed E-state index contributed by atoms with van der Waals surface area (Å²) < 4.78 is 41.9. The molecule has 0 fully saturated rings. The summed E-state index contributed by atoms with van der Waals surface area (Å²) in [4.78, 5) is 11.5. The number of fused-ring (bicyclic) bond motifs is 1. The molecule has 4 rings (SSSR count). The molecule has 0 saturated heterocycles. The zero-order valence-electron chi connectivity index (χ0n) is 14.8. The third-order valence-corrected chi connectivity index (χ3v) is 4.73. The molecule has 2 N–H and O–H groups in total. The zero-order chi connectivity index (χ0) is 20.8. The summed E-state index contributed by atoms with van der Waals surface area (Å²) in [7, 11) is 0. The third kappa shape index (κ3) is 3.10. The molecule has 4 nitrogen and oxygen atoms in total. The van der Waals surface area contributed by atoms with Crippen LogP contribution in [0.4, 0.5) is 13.2 Å². The van der Waals surface area contributed by atoms with Gasteiger partial charge in [-0.15, -0.1) is 0 Å². The lowest BCUT2D eigenvalue weighted by molar-refractivity contribution is -0.136. The lowest BCUT2D eigenvalue weighted by atomic mass is 9.90. The highest BCUT2D eigenvalue weighted by molar-refractivity contribution is 6.07. The number of benzene rings is 3. The predicted octanol–water partition coefficient (Wildman–Crippen LogP) is 5.93. The van der Waals surface area contributed by atoms with Crippen molar-refractivity contribution >= 4 is 16.9 Å². The van der Waals surface area contributed by atoms with Gasteiger partial charge in [0.05, 0.1) is 11.1 Å². The van der Waals surface area contributed by atoms with E-state index in [0.29, 0.717) is 21.4 Å². The molecular weight excluding hydrogens is 383 g/mol. The molecule has 0 aliphatic rings. The van der Waals surface area contributed by atoms with Gasteiger partial charge in [-0.3, -0.25) is 0 Å². The van der Waals surface area contributed by atoms with Gasteiger partial charge in [0.1, 0.15) is 0 Å².